The van der Waals surface area contributed by atoms with Crippen molar-refractivity contribution in [3.63, 3.8) is 0 Å². The van der Waals surface area contributed by atoms with Crippen molar-refractivity contribution in [1.82, 2.24) is 5.32 Å². The molecule has 1 aliphatic rings. The molecular weight excluding hydrogens is 358 g/mol. The van der Waals surface area contributed by atoms with Gasteiger partial charge in [0.2, 0.25) is 5.91 Å². The van der Waals surface area contributed by atoms with Crippen molar-refractivity contribution < 1.29 is 14.3 Å². The standard InChI is InChI=1S/C18H26BrNO3/c1-13(2)14-7-8-17(16(19)11-14)23-10-4-6-18(21)20-12-15-5-3-9-22-15/h7-8,11,13,15H,3-6,9-10,12H2,1-2H3,(H,20,21). The van der Waals surface area contributed by atoms with Crippen LogP contribution in [0.4, 0.5) is 0 Å². The van der Waals surface area contributed by atoms with Gasteiger partial charge in [-0.15, -0.1) is 0 Å². The maximum absolute atomic E-state index is 11.8. The first kappa shape index (κ1) is 18.3. The number of nitrogens with one attached hydrogen (secondary N) is 1. The van der Waals surface area contributed by atoms with Crippen molar-refractivity contribution in [2.75, 3.05) is 19.8 Å². The molecule has 1 N–H and O–H groups in total. The van der Waals surface area contributed by atoms with Crippen molar-refractivity contribution in [1.29, 1.82) is 0 Å². The van der Waals surface area contributed by atoms with Crippen LogP contribution in [-0.2, 0) is 9.53 Å². The van der Waals surface area contributed by atoms with Crippen LogP contribution in [0.25, 0.3) is 0 Å². The number of benzene rings is 1. The Morgan fingerprint density at radius 1 is 1.48 bits per heavy atom. The quantitative estimate of drug-likeness (QED) is 0.689. The maximum Gasteiger partial charge on any atom is 0.220 e. The highest BCUT2D eigenvalue weighted by atomic mass is 79.9. The van der Waals surface area contributed by atoms with Crippen molar-refractivity contribution in [3.8, 4) is 5.75 Å². The number of ether oxygens (including phenoxy) is 2. The van der Waals surface area contributed by atoms with Gasteiger partial charge in [0.25, 0.3) is 0 Å². The molecule has 1 unspecified atom stereocenters. The Kier molecular flexibility index (Phi) is 7.37. The van der Waals surface area contributed by atoms with Crippen molar-refractivity contribution in [2.24, 2.45) is 0 Å². The molecule has 5 heteroatoms. The molecule has 0 aliphatic carbocycles. The van der Waals surface area contributed by atoms with Gasteiger partial charge in [0, 0.05) is 19.6 Å². The second-order valence-electron chi connectivity index (χ2n) is 6.24. The summed E-state index contributed by atoms with van der Waals surface area (Å²) in [4.78, 5) is 11.8. The van der Waals surface area contributed by atoms with E-state index < -0.39 is 0 Å². The van der Waals surface area contributed by atoms with Crippen LogP contribution in [0.2, 0.25) is 0 Å². The number of carbonyl (C=O) groups is 1. The molecule has 1 aliphatic heterocycles. The van der Waals surface area contributed by atoms with Gasteiger partial charge in [-0.2, -0.15) is 0 Å². The minimum Gasteiger partial charge on any atom is -0.492 e. The normalized spacial score (nSPS) is 17.5. The second-order valence-corrected chi connectivity index (χ2v) is 7.09. The molecule has 2 rings (SSSR count). The molecule has 0 aromatic heterocycles. The number of amides is 1. The molecule has 1 fully saturated rings. The largest absolute Gasteiger partial charge is 0.492 e. The third-order valence-electron chi connectivity index (χ3n) is 3.98. The first-order chi connectivity index (χ1) is 11.1. The van der Waals surface area contributed by atoms with Gasteiger partial charge >= 0.3 is 0 Å². The van der Waals surface area contributed by atoms with E-state index in [4.69, 9.17) is 9.47 Å². The molecule has 1 saturated heterocycles. The number of hydrogen-bond acceptors (Lipinski definition) is 3. The first-order valence-corrected chi connectivity index (χ1v) is 9.16. The topological polar surface area (TPSA) is 47.6 Å². The van der Waals surface area contributed by atoms with E-state index in [1.165, 1.54) is 5.56 Å². The zero-order valence-electron chi connectivity index (χ0n) is 13.9. The number of halogens is 1. The lowest BCUT2D eigenvalue weighted by Gasteiger charge is -2.12. The fourth-order valence-corrected chi connectivity index (χ4v) is 3.04. The van der Waals surface area contributed by atoms with E-state index in [0.29, 0.717) is 31.9 Å². The van der Waals surface area contributed by atoms with Gasteiger partial charge in [-0.05, 0) is 58.8 Å². The van der Waals surface area contributed by atoms with E-state index in [-0.39, 0.29) is 12.0 Å². The molecule has 23 heavy (non-hydrogen) atoms. The number of hydrogen-bond donors (Lipinski definition) is 1. The van der Waals surface area contributed by atoms with Gasteiger partial charge in [0.15, 0.2) is 0 Å². The Morgan fingerprint density at radius 2 is 2.30 bits per heavy atom. The van der Waals surface area contributed by atoms with Crippen LogP contribution in [0.15, 0.2) is 22.7 Å². The third-order valence-corrected chi connectivity index (χ3v) is 4.60. The highest BCUT2D eigenvalue weighted by Crippen LogP contribution is 2.29. The minimum atomic E-state index is 0.0679. The summed E-state index contributed by atoms with van der Waals surface area (Å²) in [5, 5.41) is 2.93. The van der Waals surface area contributed by atoms with Crippen molar-refractivity contribution in [2.45, 2.75) is 51.6 Å². The van der Waals surface area contributed by atoms with Crippen LogP contribution in [0.3, 0.4) is 0 Å². The predicted molar refractivity (Wildman–Crippen MR) is 94.9 cm³/mol. The van der Waals surface area contributed by atoms with Gasteiger partial charge in [-0.3, -0.25) is 4.79 Å². The zero-order chi connectivity index (χ0) is 16.7. The van der Waals surface area contributed by atoms with Crippen LogP contribution in [0, 0.1) is 0 Å². The summed E-state index contributed by atoms with van der Waals surface area (Å²) < 4.78 is 12.2. The number of rotatable bonds is 8. The highest BCUT2D eigenvalue weighted by molar-refractivity contribution is 9.10. The summed E-state index contributed by atoms with van der Waals surface area (Å²) in [5.41, 5.74) is 1.28. The van der Waals surface area contributed by atoms with Crippen LogP contribution in [-0.4, -0.2) is 31.8 Å². The van der Waals surface area contributed by atoms with Crippen LogP contribution in [0.1, 0.15) is 51.0 Å². The average Bonchev–Trinajstić information content (AvgIpc) is 3.04. The molecule has 0 bridgehead atoms. The summed E-state index contributed by atoms with van der Waals surface area (Å²) in [7, 11) is 0. The summed E-state index contributed by atoms with van der Waals surface area (Å²) in [6.45, 7) is 6.31. The van der Waals surface area contributed by atoms with Gasteiger partial charge in [0.05, 0.1) is 17.2 Å². The fourth-order valence-electron chi connectivity index (χ4n) is 2.53. The van der Waals surface area contributed by atoms with Crippen LogP contribution >= 0.6 is 15.9 Å². The smallest absolute Gasteiger partial charge is 0.220 e. The Labute approximate surface area is 147 Å². The second kappa shape index (κ2) is 9.28. The maximum atomic E-state index is 11.8. The third kappa shape index (κ3) is 6.15. The Balaban J connectivity index is 1.63. The Morgan fingerprint density at radius 3 is 2.96 bits per heavy atom. The predicted octanol–water partition coefficient (Wildman–Crippen LogP) is 4.03. The Hall–Kier alpha value is -1.07. The molecule has 1 aromatic carbocycles. The molecule has 0 radical (unpaired) electrons. The van der Waals surface area contributed by atoms with Gasteiger partial charge in [-0.1, -0.05) is 19.9 Å². The monoisotopic (exact) mass is 383 g/mol. The first-order valence-electron chi connectivity index (χ1n) is 8.37. The van der Waals surface area contributed by atoms with E-state index in [0.717, 1.165) is 29.7 Å². The highest BCUT2D eigenvalue weighted by Gasteiger charge is 2.15. The summed E-state index contributed by atoms with van der Waals surface area (Å²) in [6.07, 6.45) is 3.53. The summed E-state index contributed by atoms with van der Waals surface area (Å²) >= 11 is 3.54. The van der Waals surface area contributed by atoms with Crippen LogP contribution < -0.4 is 10.1 Å². The van der Waals surface area contributed by atoms with Gasteiger partial charge in [-0.25, -0.2) is 0 Å². The van der Waals surface area contributed by atoms with E-state index in [2.05, 4.69) is 47.2 Å². The Bertz CT molecular complexity index is 513. The van der Waals surface area contributed by atoms with Crippen LogP contribution in [0.5, 0.6) is 5.75 Å². The van der Waals surface area contributed by atoms with E-state index in [9.17, 15) is 4.79 Å². The molecule has 1 aromatic rings. The summed E-state index contributed by atoms with van der Waals surface area (Å²) in [5.74, 6) is 1.39. The molecule has 4 nitrogen and oxygen atoms in total. The lowest BCUT2D eigenvalue weighted by Crippen LogP contribution is -2.31. The van der Waals surface area contributed by atoms with Crippen molar-refractivity contribution >= 4 is 21.8 Å². The minimum absolute atomic E-state index is 0.0679. The van der Waals surface area contributed by atoms with E-state index >= 15 is 0 Å². The lowest BCUT2D eigenvalue weighted by molar-refractivity contribution is -0.121. The molecule has 0 saturated carbocycles. The van der Waals surface area contributed by atoms with Gasteiger partial charge in [0.1, 0.15) is 5.75 Å². The zero-order valence-corrected chi connectivity index (χ0v) is 15.5. The molecule has 0 spiro atoms. The molecular formula is C18H26BrNO3. The SMILES string of the molecule is CC(C)c1ccc(OCCCC(=O)NCC2CCCO2)c(Br)c1. The van der Waals surface area contributed by atoms with Crippen molar-refractivity contribution in [3.05, 3.63) is 28.2 Å². The number of carbonyl (C=O) groups excluding carboxylic acids is 1. The molecule has 1 atom stereocenters. The molecule has 1 heterocycles. The van der Waals surface area contributed by atoms with Gasteiger partial charge < -0.3 is 14.8 Å². The summed E-state index contributed by atoms with van der Waals surface area (Å²) in [6, 6.07) is 6.16. The van der Waals surface area contributed by atoms with E-state index in [1.54, 1.807) is 0 Å². The average molecular weight is 384 g/mol. The fraction of sp³-hybridized carbons (Fsp3) is 0.611. The lowest BCUT2D eigenvalue weighted by atomic mass is 10.0. The molecule has 128 valence electrons. The van der Waals surface area contributed by atoms with E-state index in [1.807, 2.05) is 6.07 Å². The molecule has 1 amide bonds.